The summed E-state index contributed by atoms with van der Waals surface area (Å²) in [5.41, 5.74) is 5.18. The number of ether oxygens (including phenoxy) is 2. The summed E-state index contributed by atoms with van der Waals surface area (Å²) < 4.78 is 11.2. The van der Waals surface area contributed by atoms with Crippen LogP contribution in [0.15, 0.2) is 48.5 Å². The van der Waals surface area contributed by atoms with E-state index in [9.17, 15) is 0 Å². The Morgan fingerprint density at radius 2 is 1.95 bits per heavy atom. The zero-order valence-corrected chi connectivity index (χ0v) is 11.4. The van der Waals surface area contributed by atoms with Crippen molar-refractivity contribution in [3.63, 3.8) is 0 Å². The van der Waals surface area contributed by atoms with E-state index < -0.39 is 0 Å². The molecular weight excluding hydrogens is 252 g/mol. The van der Waals surface area contributed by atoms with Crippen LogP contribution in [0.1, 0.15) is 17.2 Å². The molecule has 1 aliphatic heterocycles. The lowest BCUT2D eigenvalue weighted by molar-refractivity contribution is 0.179. The Morgan fingerprint density at radius 3 is 2.60 bits per heavy atom. The largest absolute Gasteiger partial charge is 0.497 e. The average molecular weight is 270 g/mol. The van der Waals surface area contributed by atoms with Gasteiger partial charge in [-0.15, -0.1) is 0 Å². The maximum atomic E-state index is 6.00. The summed E-state index contributed by atoms with van der Waals surface area (Å²) in [6.45, 7) is 0. The molecule has 20 heavy (non-hydrogen) atoms. The maximum absolute atomic E-state index is 6.00. The molecule has 3 rings (SSSR count). The van der Waals surface area contributed by atoms with Gasteiger partial charge < -0.3 is 9.47 Å². The smallest absolute Gasteiger partial charge is 0.124 e. The standard InChI is InChI=1S/C16H18N2O2/c1-19-13-8-6-11(7-9-13)16(18-17)15-10-12-4-2-3-5-14(12)20-15/h2-9,15-16,18H,10,17H2,1H3. The fraction of sp³-hybridized carbons (Fsp3) is 0.250. The molecule has 1 aliphatic rings. The molecule has 0 bridgehead atoms. The number of benzene rings is 2. The van der Waals surface area contributed by atoms with Crippen LogP contribution in [-0.2, 0) is 6.42 Å². The van der Waals surface area contributed by atoms with Crippen LogP contribution < -0.4 is 20.7 Å². The van der Waals surface area contributed by atoms with Crippen molar-refractivity contribution < 1.29 is 9.47 Å². The van der Waals surface area contributed by atoms with Gasteiger partial charge in [-0.05, 0) is 29.3 Å². The Hall–Kier alpha value is -2.04. The Balaban J connectivity index is 1.81. The number of nitrogens with one attached hydrogen (secondary N) is 1. The van der Waals surface area contributed by atoms with Gasteiger partial charge in [0.1, 0.15) is 17.6 Å². The number of hydrazine groups is 1. The summed E-state index contributed by atoms with van der Waals surface area (Å²) >= 11 is 0. The van der Waals surface area contributed by atoms with E-state index in [1.54, 1.807) is 7.11 Å². The lowest BCUT2D eigenvalue weighted by atomic mass is 9.98. The van der Waals surface area contributed by atoms with Crippen molar-refractivity contribution in [1.82, 2.24) is 5.43 Å². The van der Waals surface area contributed by atoms with Crippen molar-refractivity contribution in [1.29, 1.82) is 0 Å². The molecule has 2 unspecified atom stereocenters. The lowest BCUT2D eigenvalue weighted by Crippen LogP contribution is -2.38. The zero-order chi connectivity index (χ0) is 13.9. The minimum atomic E-state index is -0.0479. The van der Waals surface area contributed by atoms with Crippen LogP contribution in [-0.4, -0.2) is 13.2 Å². The molecule has 0 saturated heterocycles. The first-order valence-corrected chi connectivity index (χ1v) is 6.66. The van der Waals surface area contributed by atoms with E-state index in [0.717, 1.165) is 23.5 Å². The molecule has 0 saturated carbocycles. The first kappa shape index (κ1) is 13.0. The minimum absolute atomic E-state index is 0.00537. The Morgan fingerprint density at radius 1 is 1.20 bits per heavy atom. The normalized spacial score (nSPS) is 18.2. The van der Waals surface area contributed by atoms with Crippen molar-refractivity contribution in [2.24, 2.45) is 5.84 Å². The number of para-hydroxylation sites is 1. The fourth-order valence-corrected chi connectivity index (χ4v) is 2.62. The molecule has 2 aromatic rings. The third-order valence-corrected chi connectivity index (χ3v) is 3.70. The summed E-state index contributed by atoms with van der Waals surface area (Å²) in [7, 11) is 1.66. The minimum Gasteiger partial charge on any atom is -0.497 e. The summed E-state index contributed by atoms with van der Waals surface area (Å²) in [5, 5.41) is 0. The van der Waals surface area contributed by atoms with Gasteiger partial charge in [0.2, 0.25) is 0 Å². The number of nitrogens with two attached hydrogens (primary N) is 1. The first-order valence-electron chi connectivity index (χ1n) is 6.66. The predicted molar refractivity (Wildman–Crippen MR) is 77.6 cm³/mol. The summed E-state index contributed by atoms with van der Waals surface area (Å²) in [4.78, 5) is 0. The Bertz CT molecular complexity index is 558. The van der Waals surface area contributed by atoms with Gasteiger partial charge >= 0.3 is 0 Å². The van der Waals surface area contributed by atoms with Gasteiger partial charge in [0, 0.05) is 6.42 Å². The third kappa shape index (κ3) is 2.35. The van der Waals surface area contributed by atoms with Gasteiger partial charge in [-0.2, -0.15) is 0 Å². The van der Waals surface area contributed by atoms with E-state index in [4.69, 9.17) is 15.3 Å². The Labute approximate surface area is 118 Å². The van der Waals surface area contributed by atoms with Crippen LogP contribution in [0.3, 0.4) is 0 Å². The molecule has 0 radical (unpaired) electrons. The van der Waals surface area contributed by atoms with E-state index >= 15 is 0 Å². The molecule has 1 heterocycles. The average Bonchev–Trinajstić information content (AvgIpc) is 2.92. The second-order valence-electron chi connectivity index (χ2n) is 4.89. The fourth-order valence-electron chi connectivity index (χ4n) is 2.62. The van der Waals surface area contributed by atoms with E-state index in [2.05, 4.69) is 11.5 Å². The van der Waals surface area contributed by atoms with Gasteiger partial charge in [-0.3, -0.25) is 5.84 Å². The van der Waals surface area contributed by atoms with E-state index in [1.807, 2.05) is 42.5 Å². The number of fused-ring (bicyclic) bond motifs is 1. The SMILES string of the molecule is COc1ccc(C(NN)C2Cc3ccccc3O2)cc1. The second kappa shape index (κ2) is 5.53. The molecule has 104 valence electrons. The van der Waals surface area contributed by atoms with Crippen molar-refractivity contribution >= 4 is 0 Å². The summed E-state index contributed by atoms with van der Waals surface area (Å²) in [6.07, 6.45) is 0.864. The van der Waals surface area contributed by atoms with E-state index in [1.165, 1.54) is 5.56 Å². The van der Waals surface area contributed by atoms with Crippen LogP contribution >= 0.6 is 0 Å². The first-order chi connectivity index (χ1) is 9.81. The number of rotatable bonds is 4. The van der Waals surface area contributed by atoms with Crippen LogP contribution in [0.25, 0.3) is 0 Å². The van der Waals surface area contributed by atoms with Crippen molar-refractivity contribution in [2.45, 2.75) is 18.6 Å². The van der Waals surface area contributed by atoms with Crippen molar-refractivity contribution in [3.05, 3.63) is 59.7 Å². The highest BCUT2D eigenvalue weighted by atomic mass is 16.5. The highest BCUT2D eigenvalue weighted by molar-refractivity contribution is 5.39. The predicted octanol–water partition coefficient (Wildman–Crippen LogP) is 2.20. The maximum Gasteiger partial charge on any atom is 0.124 e. The molecule has 0 spiro atoms. The van der Waals surface area contributed by atoms with Crippen LogP contribution in [0.2, 0.25) is 0 Å². The summed E-state index contributed by atoms with van der Waals surface area (Å²) in [5.74, 6) is 7.51. The topological polar surface area (TPSA) is 56.5 Å². The molecule has 3 N–H and O–H groups in total. The molecule has 4 nitrogen and oxygen atoms in total. The molecule has 2 aromatic carbocycles. The molecule has 0 aromatic heterocycles. The van der Waals surface area contributed by atoms with Gasteiger partial charge in [-0.25, -0.2) is 5.43 Å². The Kier molecular flexibility index (Phi) is 3.58. The van der Waals surface area contributed by atoms with Crippen LogP contribution in [0.5, 0.6) is 11.5 Å². The van der Waals surface area contributed by atoms with Gasteiger partial charge in [0.05, 0.1) is 13.2 Å². The van der Waals surface area contributed by atoms with E-state index in [0.29, 0.717) is 0 Å². The second-order valence-corrected chi connectivity index (χ2v) is 4.89. The quantitative estimate of drug-likeness (QED) is 0.660. The van der Waals surface area contributed by atoms with E-state index in [-0.39, 0.29) is 12.1 Å². The van der Waals surface area contributed by atoms with Gasteiger partial charge in [-0.1, -0.05) is 30.3 Å². The molecule has 4 heteroatoms. The highest BCUT2D eigenvalue weighted by Crippen LogP contribution is 2.34. The lowest BCUT2D eigenvalue weighted by Gasteiger charge is -2.23. The van der Waals surface area contributed by atoms with Gasteiger partial charge in [0.15, 0.2) is 0 Å². The number of hydrogen-bond donors (Lipinski definition) is 2. The van der Waals surface area contributed by atoms with Crippen molar-refractivity contribution in [2.75, 3.05) is 7.11 Å². The molecule has 2 atom stereocenters. The van der Waals surface area contributed by atoms with Gasteiger partial charge in [0.25, 0.3) is 0 Å². The number of hydrogen-bond acceptors (Lipinski definition) is 4. The number of methoxy groups -OCH3 is 1. The van der Waals surface area contributed by atoms with Crippen LogP contribution in [0, 0.1) is 0 Å². The third-order valence-electron chi connectivity index (χ3n) is 3.70. The summed E-state index contributed by atoms with van der Waals surface area (Å²) in [6, 6.07) is 15.9. The molecular formula is C16H18N2O2. The monoisotopic (exact) mass is 270 g/mol. The molecule has 0 amide bonds. The molecule has 0 aliphatic carbocycles. The highest BCUT2D eigenvalue weighted by Gasteiger charge is 2.30. The molecule has 0 fully saturated rings. The van der Waals surface area contributed by atoms with Crippen molar-refractivity contribution in [3.8, 4) is 11.5 Å². The zero-order valence-electron chi connectivity index (χ0n) is 11.4. The van der Waals surface area contributed by atoms with Crippen LogP contribution in [0.4, 0.5) is 0 Å².